The molecule has 0 radical (unpaired) electrons. The molecule has 1 heterocycles. The molecule has 33 heavy (non-hydrogen) atoms. The summed E-state index contributed by atoms with van der Waals surface area (Å²) >= 11 is 1.45. The van der Waals surface area contributed by atoms with Gasteiger partial charge in [-0.2, -0.15) is 0 Å². The van der Waals surface area contributed by atoms with E-state index in [2.05, 4.69) is 53.5 Å². The summed E-state index contributed by atoms with van der Waals surface area (Å²) in [6.45, 7) is 17.3. The number of aromatic nitrogens is 1. The molecule has 1 aromatic rings. The number of thiazole rings is 1. The van der Waals surface area contributed by atoms with Gasteiger partial charge in [-0.3, -0.25) is 4.79 Å². The molecule has 0 saturated heterocycles. The Morgan fingerprint density at radius 1 is 1.09 bits per heavy atom. The van der Waals surface area contributed by atoms with Crippen LogP contribution in [0.3, 0.4) is 0 Å². The highest BCUT2D eigenvalue weighted by Gasteiger charge is 2.37. The van der Waals surface area contributed by atoms with E-state index in [1.165, 1.54) is 11.3 Å². The van der Waals surface area contributed by atoms with Crippen LogP contribution in [0.1, 0.15) is 96.3 Å². The van der Waals surface area contributed by atoms with E-state index in [1.54, 1.807) is 12.3 Å². The topological polar surface area (TPSA) is 68.7 Å². The fraction of sp³-hybridized carbons (Fsp3) is 0.800. The molecule has 0 fully saturated rings. The maximum absolute atomic E-state index is 13.0. The number of carbonyl (C=O) groups is 2. The Morgan fingerprint density at radius 2 is 1.70 bits per heavy atom. The van der Waals surface area contributed by atoms with Gasteiger partial charge in [0.15, 0.2) is 14.0 Å². The minimum atomic E-state index is -1.94. The monoisotopic (exact) mass is 498 g/mol. The zero-order chi connectivity index (χ0) is 25.2. The summed E-state index contributed by atoms with van der Waals surface area (Å²) in [4.78, 5) is 31.8. The molecule has 0 bridgehead atoms. The lowest BCUT2D eigenvalue weighted by atomic mass is 9.95. The zero-order valence-corrected chi connectivity index (χ0v) is 24.1. The summed E-state index contributed by atoms with van der Waals surface area (Å²) in [6, 6.07) is 3.12. The van der Waals surface area contributed by atoms with Gasteiger partial charge >= 0.3 is 5.97 Å². The molecule has 8 heteroatoms. The number of amides is 1. The van der Waals surface area contributed by atoms with E-state index in [4.69, 9.17) is 9.16 Å². The number of nitrogens with zero attached hydrogens (tertiary/aromatic N) is 2. The van der Waals surface area contributed by atoms with Crippen molar-refractivity contribution in [3.63, 3.8) is 0 Å². The first-order valence-corrected chi connectivity index (χ1v) is 16.0. The molecular formula is C25H46N2O4SSi. The third-order valence-corrected chi connectivity index (χ3v) is 12.5. The van der Waals surface area contributed by atoms with E-state index < -0.39 is 14.3 Å². The maximum Gasteiger partial charge on any atom is 0.357 e. The van der Waals surface area contributed by atoms with E-state index in [-0.39, 0.29) is 24.0 Å². The van der Waals surface area contributed by atoms with Gasteiger partial charge in [-0.25, -0.2) is 9.78 Å². The average Bonchev–Trinajstić information content (AvgIpc) is 3.29. The molecular weight excluding hydrogens is 452 g/mol. The van der Waals surface area contributed by atoms with Crippen LogP contribution >= 0.6 is 11.3 Å². The van der Waals surface area contributed by atoms with Crippen molar-refractivity contribution in [2.45, 2.75) is 105 Å². The lowest BCUT2D eigenvalue weighted by Crippen LogP contribution is -2.44. The van der Waals surface area contributed by atoms with Gasteiger partial charge in [0.05, 0.1) is 12.7 Å². The average molecular weight is 499 g/mol. The van der Waals surface area contributed by atoms with Crippen LogP contribution in [0.5, 0.6) is 0 Å². The molecule has 3 atom stereocenters. The second kappa shape index (κ2) is 14.2. The van der Waals surface area contributed by atoms with E-state index in [0.29, 0.717) is 31.1 Å². The molecule has 1 rings (SSSR count). The summed E-state index contributed by atoms with van der Waals surface area (Å²) in [7, 11) is -0.0258. The van der Waals surface area contributed by atoms with Gasteiger partial charge in [0.1, 0.15) is 5.01 Å². The molecule has 1 amide bonds. The number of rotatable bonds is 15. The SMILES string of the molecule is CCOC(=O)c1csc([C@@H](C[C@H](C(C)C)N(C)C(=O)C[C@@H](C)CC)O[Si](CC)(CC)CC)n1. The Balaban J connectivity index is 3.28. The fourth-order valence-electron chi connectivity index (χ4n) is 4.10. The number of carbonyl (C=O) groups excluding carboxylic acids is 2. The van der Waals surface area contributed by atoms with Crippen molar-refractivity contribution < 1.29 is 18.8 Å². The third-order valence-electron chi connectivity index (χ3n) is 6.94. The minimum absolute atomic E-state index is 0.0266. The number of hydrogen-bond donors (Lipinski definition) is 0. The molecule has 0 aliphatic heterocycles. The third kappa shape index (κ3) is 8.48. The molecule has 1 aromatic heterocycles. The van der Waals surface area contributed by atoms with Crippen LogP contribution in [0.25, 0.3) is 0 Å². The molecule has 0 unspecified atom stereocenters. The second-order valence-corrected chi connectivity index (χ2v) is 15.0. The minimum Gasteiger partial charge on any atom is -0.461 e. The Morgan fingerprint density at radius 3 is 2.18 bits per heavy atom. The predicted octanol–water partition coefficient (Wildman–Crippen LogP) is 6.69. The highest BCUT2D eigenvalue weighted by atomic mass is 32.1. The number of hydrogen-bond acceptors (Lipinski definition) is 6. The first kappa shape index (κ1) is 29.8. The van der Waals surface area contributed by atoms with Crippen molar-refractivity contribution in [1.82, 2.24) is 9.88 Å². The quantitative estimate of drug-likeness (QED) is 0.199. The summed E-state index contributed by atoms with van der Waals surface area (Å²) in [5.74, 6) is 0.418. The van der Waals surface area contributed by atoms with Crippen molar-refractivity contribution in [3.05, 3.63) is 16.1 Å². The predicted molar refractivity (Wildman–Crippen MR) is 139 cm³/mol. The standard InChI is InChI=1S/C25H46N2O4SSi/c1-10-19(8)15-23(28)27(9)21(18(6)7)16-22(31-33(12-3,13-4)14-5)24-26-20(17-32-24)25(29)30-11-2/h17-19,21-22H,10-16H2,1-9H3/t19-,21+,22+/m0/s1. The molecule has 0 saturated carbocycles. The van der Waals surface area contributed by atoms with Gasteiger partial charge in [0.25, 0.3) is 0 Å². The zero-order valence-electron chi connectivity index (χ0n) is 22.3. The van der Waals surface area contributed by atoms with Gasteiger partial charge in [-0.05, 0) is 43.3 Å². The summed E-state index contributed by atoms with van der Waals surface area (Å²) in [5.41, 5.74) is 0.338. The van der Waals surface area contributed by atoms with E-state index in [0.717, 1.165) is 29.6 Å². The Hall–Kier alpha value is -1.25. The Kier molecular flexibility index (Phi) is 12.8. The Bertz CT molecular complexity index is 727. The van der Waals surface area contributed by atoms with Crippen molar-refractivity contribution in [2.75, 3.05) is 13.7 Å². The highest BCUT2D eigenvalue weighted by molar-refractivity contribution is 7.09. The van der Waals surface area contributed by atoms with Crippen molar-refractivity contribution in [2.24, 2.45) is 11.8 Å². The van der Waals surface area contributed by atoms with E-state index >= 15 is 0 Å². The van der Waals surface area contributed by atoms with Crippen LogP contribution in [-0.2, 0) is 14.0 Å². The van der Waals surface area contributed by atoms with E-state index in [9.17, 15) is 9.59 Å². The lowest BCUT2D eigenvalue weighted by molar-refractivity contribution is -0.134. The largest absolute Gasteiger partial charge is 0.461 e. The highest BCUT2D eigenvalue weighted by Crippen LogP contribution is 2.36. The summed E-state index contributed by atoms with van der Waals surface area (Å²) in [5, 5.41) is 2.57. The molecule has 6 nitrogen and oxygen atoms in total. The van der Waals surface area contributed by atoms with E-state index in [1.807, 2.05) is 11.9 Å². The van der Waals surface area contributed by atoms with Crippen LogP contribution in [0.15, 0.2) is 5.38 Å². The van der Waals surface area contributed by atoms with Gasteiger partial charge in [-0.1, -0.05) is 54.9 Å². The first-order chi connectivity index (χ1) is 15.6. The molecule has 0 spiro atoms. The summed E-state index contributed by atoms with van der Waals surface area (Å²) in [6.07, 6.45) is 1.98. The maximum atomic E-state index is 13.0. The number of esters is 1. The van der Waals surface area contributed by atoms with Gasteiger partial charge in [0, 0.05) is 24.9 Å². The summed E-state index contributed by atoms with van der Waals surface area (Å²) < 4.78 is 12.1. The van der Waals surface area contributed by atoms with Crippen LogP contribution in [0.4, 0.5) is 0 Å². The van der Waals surface area contributed by atoms with Gasteiger partial charge < -0.3 is 14.1 Å². The molecule has 190 valence electrons. The van der Waals surface area contributed by atoms with Crippen LogP contribution in [0, 0.1) is 11.8 Å². The first-order valence-electron chi connectivity index (χ1n) is 12.6. The smallest absolute Gasteiger partial charge is 0.357 e. The molecule has 0 aliphatic rings. The van der Waals surface area contributed by atoms with Crippen molar-refractivity contribution in [3.8, 4) is 0 Å². The van der Waals surface area contributed by atoms with Gasteiger partial charge in [-0.15, -0.1) is 11.3 Å². The van der Waals surface area contributed by atoms with Crippen LogP contribution in [0.2, 0.25) is 18.1 Å². The lowest BCUT2D eigenvalue weighted by Gasteiger charge is -2.38. The van der Waals surface area contributed by atoms with Crippen molar-refractivity contribution >= 4 is 31.5 Å². The Labute approximate surface area is 206 Å². The molecule has 0 N–H and O–H groups in total. The van der Waals surface area contributed by atoms with Gasteiger partial charge in [0.2, 0.25) is 5.91 Å². The van der Waals surface area contributed by atoms with Crippen LogP contribution < -0.4 is 0 Å². The number of ether oxygens (including phenoxy) is 1. The molecule has 0 aromatic carbocycles. The normalized spacial score (nSPS) is 14.7. The van der Waals surface area contributed by atoms with Crippen molar-refractivity contribution in [1.29, 1.82) is 0 Å². The fourth-order valence-corrected chi connectivity index (χ4v) is 7.83. The second-order valence-electron chi connectivity index (χ2n) is 9.41. The molecule has 0 aliphatic carbocycles. The van der Waals surface area contributed by atoms with Crippen LogP contribution in [-0.4, -0.2) is 49.8 Å².